The largest absolute Gasteiger partial charge is 0.316 e. The fourth-order valence-electron chi connectivity index (χ4n) is 3.04. The summed E-state index contributed by atoms with van der Waals surface area (Å²) in [6.07, 6.45) is 5.61. The van der Waals surface area contributed by atoms with E-state index in [0.29, 0.717) is 6.04 Å². The van der Waals surface area contributed by atoms with Gasteiger partial charge in [-0.2, -0.15) is 0 Å². The van der Waals surface area contributed by atoms with Crippen molar-refractivity contribution in [1.29, 1.82) is 0 Å². The molecule has 3 heteroatoms. The van der Waals surface area contributed by atoms with Crippen LogP contribution >= 0.6 is 27.7 Å². The molecule has 0 bridgehead atoms. The molecule has 2 rings (SSSR count). The Labute approximate surface area is 130 Å². The number of rotatable bonds is 5. The van der Waals surface area contributed by atoms with E-state index >= 15 is 0 Å². The van der Waals surface area contributed by atoms with Gasteiger partial charge in [-0.05, 0) is 59.8 Å². The monoisotopic (exact) mass is 341 g/mol. The average molecular weight is 342 g/mol. The van der Waals surface area contributed by atoms with Gasteiger partial charge in [0.25, 0.3) is 0 Å². The zero-order valence-corrected chi connectivity index (χ0v) is 14.3. The molecule has 0 saturated heterocycles. The van der Waals surface area contributed by atoms with E-state index in [2.05, 4.69) is 59.5 Å². The average Bonchev–Trinajstić information content (AvgIpc) is 2.41. The van der Waals surface area contributed by atoms with E-state index in [1.54, 1.807) is 0 Å². The van der Waals surface area contributed by atoms with Gasteiger partial charge < -0.3 is 5.32 Å². The van der Waals surface area contributed by atoms with Gasteiger partial charge in [-0.1, -0.05) is 31.9 Å². The number of benzene rings is 1. The SMILES string of the molecule is CNC(CSc1ccccc1Br)C1CCCC(C)C1. The molecule has 1 N–H and O–H groups in total. The van der Waals surface area contributed by atoms with Crippen LogP contribution in [-0.2, 0) is 0 Å². The van der Waals surface area contributed by atoms with Crippen LogP contribution in [0, 0.1) is 11.8 Å². The molecule has 1 fully saturated rings. The number of hydrogen-bond acceptors (Lipinski definition) is 2. The topological polar surface area (TPSA) is 12.0 Å². The quantitative estimate of drug-likeness (QED) is 0.760. The summed E-state index contributed by atoms with van der Waals surface area (Å²) in [6, 6.07) is 9.15. The number of nitrogens with one attached hydrogen (secondary N) is 1. The van der Waals surface area contributed by atoms with Gasteiger partial charge in [-0.15, -0.1) is 11.8 Å². The summed E-state index contributed by atoms with van der Waals surface area (Å²) in [6.45, 7) is 2.40. The molecule has 1 aliphatic rings. The van der Waals surface area contributed by atoms with E-state index in [-0.39, 0.29) is 0 Å². The molecule has 0 amide bonds. The Bertz CT molecular complexity index is 396. The second-order valence-electron chi connectivity index (χ2n) is 5.67. The molecule has 106 valence electrons. The molecule has 3 atom stereocenters. The van der Waals surface area contributed by atoms with Crippen molar-refractivity contribution in [1.82, 2.24) is 5.32 Å². The summed E-state index contributed by atoms with van der Waals surface area (Å²) < 4.78 is 1.21. The maximum atomic E-state index is 3.63. The highest BCUT2D eigenvalue weighted by molar-refractivity contribution is 9.10. The Morgan fingerprint density at radius 3 is 2.84 bits per heavy atom. The highest BCUT2D eigenvalue weighted by Crippen LogP contribution is 2.34. The third-order valence-corrected chi connectivity index (χ3v) is 6.32. The Morgan fingerprint density at radius 1 is 1.37 bits per heavy atom. The van der Waals surface area contributed by atoms with Crippen LogP contribution in [0.25, 0.3) is 0 Å². The maximum Gasteiger partial charge on any atom is 0.0311 e. The third kappa shape index (κ3) is 4.51. The van der Waals surface area contributed by atoms with Crippen molar-refractivity contribution in [2.75, 3.05) is 12.8 Å². The number of thioether (sulfide) groups is 1. The Morgan fingerprint density at radius 2 is 2.16 bits per heavy atom. The molecule has 1 aromatic rings. The predicted molar refractivity (Wildman–Crippen MR) is 88.8 cm³/mol. The van der Waals surface area contributed by atoms with Crippen molar-refractivity contribution in [2.45, 2.75) is 43.5 Å². The van der Waals surface area contributed by atoms with Crippen LogP contribution in [0.15, 0.2) is 33.6 Å². The van der Waals surface area contributed by atoms with Gasteiger partial charge in [0, 0.05) is 21.2 Å². The molecular formula is C16H24BrNS. The van der Waals surface area contributed by atoms with Gasteiger partial charge in [-0.3, -0.25) is 0 Å². The molecule has 1 nitrogen and oxygen atoms in total. The minimum absolute atomic E-state index is 0.639. The molecule has 0 spiro atoms. The fourth-order valence-corrected chi connectivity index (χ4v) is 4.85. The lowest BCUT2D eigenvalue weighted by molar-refractivity contribution is 0.240. The molecule has 3 unspecified atom stereocenters. The highest BCUT2D eigenvalue weighted by atomic mass is 79.9. The van der Waals surface area contributed by atoms with Crippen LogP contribution in [0.4, 0.5) is 0 Å². The normalized spacial score (nSPS) is 25.2. The Balaban J connectivity index is 1.90. The lowest BCUT2D eigenvalue weighted by Gasteiger charge is -2.33. The summed E-state index contributed by atoms with van der Waals surface area (Å²) in [5.41, 5.74) is 0. The van der Waals surface area contributed by atoms with Gasteiger partial charge >= 0.3 is 0 Å². The molecule has 1 aliphatic carbocycles. The molecule has 0 aliphatic heterocycles. The van der Waals surface area contributed by atoms with Gasteiger partial charge in [0.1, 0.15) is 0 Å². The second-order valence-corrected chi connectivity index (χ2v) is 7.58. The predicted octanol–water partition coefficient (Wildman–Crippen LogP) is 4.96. The van der Waals surface area contributed by atoms with Crippen LogP contribution in [0.2, 0.25) is 0 Å². The first kappa shape index (κ1) is 15.4. The van der Waals surface area contributed by atoms with Gasteiger partial charge in [-0.25, -0.2) is 0 Å². The second kappa shape index (κ2) is 7.70. The minimum Gasteiger partial charge on any atom is -0.316 e. The summed E-state index contributed by atoms with van der Waals surface area (Å²) in [4.78, 5) is 1.35. The first-order valence-electron chi connectivity index (χ1n) is 7.25. The molecule has 1 saturated carbocycles. The molecular weight excluding hydrogens is 318 g/mol. The van der Waals surface area contributed by atoms with Crippen LogP contribution in [0.3, 0.4) is 0 Å². The fraction of sp³-hybridized carbons (Fsp3) is 0.625. The van der Waals surface area contributed by atoms with E-state index in [9.17, 15) is 0 Å². The lowest BCUT2D eigenvalue weighted by Crippen LogP contribution is -2.38. The van der Waals surface area contributed by atoms with Crippen molar-refractivity contribution < 1.29 is 0 Å². The van der Waals surface area contributed by atoms with E-state index in [0.717, 1.165) is 17.6 Å². The van der Waals surface area contributed by atoms with Gasteiger partial charge in [0.15, 0.2) is 0 Å². The van der Waals surface area contributed by atoms with Crippen LogP contribution in [0.5, 0.6) is 0 Å². The highest BCUT2D eigenvalue weighted by Gasteiger charge is 2.25. The summed E-state index contributed by atoms with van der Waals surface area (Å²) in [5, 5.41) is 3.55. The van der Waals surface area contributed by atoms with Crippen molar-refractivity contribution in [3.8, 4) is 0 Å². The maximum absolute atomic E-state index is 3.63. The number of hydrogen-bond donors (Lipinski definition) is 1. The zero-order chi connectivity index (χ0) is 13.7. The van der Waals surface area contributed by atoms with E-state index in [1.807, 2.05) is 11.8 Å². The van der Waals surface area contributed by atoms with E-state index in [4.69, 9.17) is 0 Å². The minimum atomic E-state index is 0.639. The molecule has 0 heterocycles. The van der Waals surface area contributed by atoms with Crippen molar-refractivity contribution in [2.24, 2.45) is 11.8 Å². The summed E-state index contributed by atoms with van der Waals surface area (Å²) in [7, 11) is 2.12. The Kier molecular flexibility index (Phi) is 6.24. The van der Waals surface area contributed by atoms with E-state index in [1.165, 1.54) is 35.1 Å². The van der Waals surface area contributed by atoms with Crippen molar-refractivity contribution in [3.63, 3.8) is 0 Å². The first-order chi connectivity index (χ1) is 9.20. The van der Waals surface area contributed by atoms with Crippen molar-refractivity contribution in [3.05, 3.63) is 28.7 Å². The van der Waals surface area contributed by atoms with Gasteiger partial charge in [0.2, 0.25) is 0 Å². The zero-order valence-electron chi connectivity index (χ0n) is 11.9. The van der Waals surface area contributed by atoms with Gasteiger partial charge in [0.05, 0.1) is 0 Å². The smallest absolute Gasteiger partial charge is 0.0311 e. The lowest BCUT2D eigenvalue weighted by atomic mass is 9.79. The molecule has 0 aromatic heterocycles. The van der Waals surface area contributed by atoms with Crippen LogP contribution < -0.4 is 5.32 Å². The van der Waals surface area contributed by atoms with Crippen molar-refractivity contribution >= 4 is 27.7 Å². The summed E-state index contributed by atoms with van der Waals surface area (Å²) >= 11 is 5.60. The van der Waals surface area contributed by atoms with E-state index < -0.39 is 0 Å². The first-order valence-corrected chi connectivity index (χ1v) is 9.03. The van der Waals surface area contributed by atoms with Crippen LogP contribution in [-0.4, -0.2) is 18.8 Å². The summed E-state index contributed by atoms with van der Waals surface area (Å²) in [5.74, 6) is 2.92. The molecule has 1 aromatic carbocycles. The third-order valence-electron chi connectivity index (χ3n) is 4.17. The molecule has 0 radical (unpaired) electrons. The number of halogens is 1. The van der Waals surface area contributed by atoms with Crippen LogP contribution in [0.1, 0.15) is 32.6 Å². The standard InChI is InChI=1S/C16H24BrNS/c1-12-6-5-7-13(10-12)15(18-2)11-19-16-9-4-3-8-14(16)17/h3-4,8-9,12-13,15,18H,5-7,10-11H2,1-2H3. The Hall–Kier alpha value is 0.01000. The molecule has 19 heavy (non-hydrogen) atoms.